The molecule has 0 aromatic heterocycles. The Morgan fingerprint density at radius 3 is 2.34 bits per heavy atom. The van der Waals surface area contributed by atoms with Crippen molar-refractivity contribution in [3.8, 4) is 5.75 Å². The molecule has 3 aromatic rings. The summed E-state index contributed by atoms with van der Waals surface area (Å²) in [5, 5.41) is 2.83. The molecule has 0 saturated heterocycles. The van der Waals surface area contributed by atoms with E-state index in [0.29, 0.717) is 10.6 Å². The van der Waals surface area contributed by atoms with Crippen LogP contribution in [0.3, 0.4) is 0 Å². The number of amides is 1. The van der Waals surface area contributed by atoms with Gasteiger partial charge in [0.15, 0.2) is 9.84 Å². The fraction of sp³-hybridized carbons (Fsp3) is 0.160. The molecule has 0 radical (unpaired) electrons. The lowest BCUT2D eigenvalue weighted by Gasteiger charge is -2.20. The third-order valence-electron chi connectivity index (χ3n) is 5.39. The van der Waals surface area contributed by atoms with E-state index in [2.05, 4.69) is 5.32 Å². The van der Waals surface area contributed by atoms with Gasteiger partial charge in [-0.2, -0.15) is 0 Å². The predicted molar refractivity (Wildman–Crippen MR) is 129 cm³/mol. The van der Waals surface area contributed by atoms with Gasteiger partial charge in [0.2, 0.25) is 0 Å². The Morgan fingerprint density at radius 1 is 1.00 bits per heavy atom. The normalized spacial score (nSPS) is 14.7. The standard InChI is InChI=1S/C25H23NO4S2/c1-16-5-4-6-17(2)21(16)15-32(28,29)20-11-12-23-22(14-20)26-25(27)24(31-23)13-18-7-9-19(30-3)10-8-18/h4-14H,15H2,1-3H3,(H,26,27). The number of sulfone groups is 1. The number of rotatable bonds is 5. The van der Waals surface area contributed by atoms with Crippen LogP contribution in [0.15, 0.2) is 75.4 Å². The number of thioether (sulfide) groups is 1. The lowest BCUT2D eigenvalue weighted by molar-refractivity contribution is -0.112. The summed E-state index contributed by atoms with van der Waals surface area (Å²) in [7, 11) is -1.96. The lowest BCUT2D eigenvalue weighted by atomic mass is 10.1. The van der Waals surface area contributed by atoms with Gasteiger partial charge >= 0.3 is 0 Å². The molecular formula is C25H23NO4S2. The fourth-order valence-corrected chi connectivity index (χ4v) is 6.04. The van der Waals surface area contributed by atoms with E-state index in [9.17, 15) is 13.2 Å². The molecule has 1 N–H and O–H groups in total. The van der Waals surface area contributed by atoms with Crippen LogP contribution >= 0.6 is 11.8 Å². The molecule has 3 aromatic carbocycles. The number of fused-ring (bicyclic) bond motifs is 1. The predicted octanol–water partition coefficient (Wildman–Crippen LogP) is 5.37. The van der Waals surface area contributed by atoms with Gasteiger partial charge in [-0.3, -0.25) is 4.79 Å². The van der Waals surface area contributed by atoms with Crippen LogP contribution in [0.5, 0.6) is 5.75 Å². The zero-order valence-electron chi connectivity index (χ0n) is 18.0. The second kappa shape index (κ2) is 8.84. The van der Waals surface area contributed by atoms with Crippen molar-refractivity contribution in [1.29, 1.82) is 0 Å². The van der Waals surface area contributed by atoms with Gasteiger partial charge in [0.1, 0.15) is 5.75 Å². The van der Waals surface area contributed by atoms with Gasteiger partial charge in [-0.15, -0.1) is 0 Å². The molecule has 0 unspecified atom stereocenters. The van der Waals surface area contributed by atoms with Crippen molar-refractivity contribution in [1.82, 2.24) is 0 Å². The van der Waals surface area contributed by atoms with Crippen LogP contribution in [0.2, 0.25) is 0 Å². The number of nitrogens with one attached hydrogen (secondary N) is 1. The van der Waals surface area contributed by atoms with E-state index in [1.54, 1.807) is 31.4 Å². The topological polar surface area (TPSA) is 72.5 Å². The van der Waals surface area contributed by atoms with Gasteiger partial charge in [0, 0.05) is 4.90 Å². The van der Waals surface area contributed by atoms with Crippen LogP contribution in [0.4, 0.5) is 5.69 Å². The first-order valence-corrected chi connectivity index (χ1v) is 12.5. The maximum absolute atomic E-state index is 13.1. The van der Waals surface area contributed by atoms with Crippen LogP contribution < -0.4 is 10.1 Å². The number of anilines is 1. The summed E-state index contributed by atoms with van der Waals surface area (Å²) in [5.41, 5.74) is 4.09. The molecule has 5 nitrogen and oxygen atoms in total. The molecule has 164 valence electrons. The van der Waals surface area contributed by atoms with E-state index in [-0.39, 0.29) is 16.6 Å². The number of hydrogen-bond donors (Lipinski definition) is 1. The second-order valence-corrected chi connectivity index (χ2v) is 10.7. The zero-order chi connectivity index (χ0) is 22.9. The van der Waals surface area contributed by atoms with Gasteiger partial charge in [-0.05, 0) is 72.5 Å². The number of methoxy groups -OCH3 is 1. The third-order valence-corrected chi connectivity index (χ3v) is 8.13. The molecule has 1 heterocycles. The minimum atomic E-state index is -3.57. The molecule has 1 aliphatic heterocycles. The zero-order valence-corrected chi connectivity index (χ0v) is 19.6. The molecule has 0 atom stereocenters. The first kappa shape index (κ1) is 22.2. The Kier molecular flexibility index (Phi) is 6.13. The molecule has 0 spiro atoms. The van der Waals surface area contributed by atoms with Crippen molar-refractivity contribution in [3.63, 3.8) is 0 Å². The van der Waals surface area contributed by atoms with Crippen LogP contribution in [-0.2, 0) is 20.4 Å². The highest BCUT2D eigenvalue weighted by Crippen LogP contribution is 2.40. The first-order chi connectivity index (χ1) is 15.3. The van der Waals surface area contributed by atoms with Crippen molar-refractivity contribution < 1.29 is 17.9 Å². The Bertz CT molecular complexity index is 1310. The average Bonchev–Trinajstić information content (AvgIpc) is 2.77. The molecule has 32 heavy (non-hydrogen) atoms. The maximum atomic E-state index is 13.1. The molecule has 1 aliphatic rings. The highest BCUT2D eigenvalue weighted by atomic mass is 32.2. The number of hydrogen-bond acceptors (Lipinski definition) is 5. The largest absolute Gasteiger partial charge is 0.497 e. The molecule has 4 rings (SSSR count). The van der Waals surface area contributed by atoms with Gasteiger partial charge in [0.25, 0.3) is 5.91 Å². The third kappa shape index (κ3) is 4.59. The highest BCUT2D eigenvalue weighted by molar-refractivity contribution is 8.04. The van der Waals surface area contributed by atoms with E-state index in [4.69, 9.17) is 4.74 Å². The van der Waals surface area contributed by atoms with Crippen LogP contribution in [0.25, 0.3) is 6.08 Å². The summed E-state index contributed by atoms with van der Waals surface area (Å²) < 4.78 is 31.3. The van der Waals surface area contributed by atoms with Gasteiger partial charge in [-0.1, -0.05) is 42.1 Å². The summed E-state index contributed by atoms with van der Waals surface area (Å²) >= 11 is 1.32. The lowest BCUT2D eigenvalue weighted by Crippen LogP contribution is -2.18. The van der Waals surface area contributed by atoms with Gasteiger partial charge in [0.05, 0.1) is 28.4 Å². The van der Waals surface area contributed by atoms with Crippen molar-refractivity contribution in [2.75, 3.05) is 12.4 Å². The van der Waals surface area contributed by atoms with Gasteiger partial charge in [-0.25, -0.2) is 8.42 Å². The molecule has 0 fully saturated rings. The van der Waals surface area contributed by atoms with E-state index in [1.807, 2.05) is 56.3 Å². The minimum Gasteiger partial charge on any atom is -0.497 e. The Balaban J connectivity index is 1.60. The average molecular weight is 466 g/mol. The first-order valence-electron chi connectivity index (χ1n) is 10.0. The highest BCUT2D eigenvalue weighted by Gasteiger charge is 2.24. The Hall–Kier alpha value is -3.03. The Morgan fingerprint density at radius 2 is 1.69 bits per heavy atom. The molecule has 0 aliphatic carbocycles. The summed E-state index contributed by atoms with van der Waals surface area (Å²) in [4.78, 5) is 14.2. The fourth-order valence-electron chi connectivity index (χ4n) is 3.53. The molecule has 0 saturated carbocycles. The van der Waals surface area contributed by atoms with Crippen LogP contribution in [0, 0.1) is 13.8 Å². The summed E-state index contributed by atoms with van der Waals surface area (Å²) in [6, 6.07) is 18.1. The summed E-state index contributed by atoms with van der Waals surface area (Å²) in [6.07, 6.45) is 1.80. The van der Waals surface area contributed by atoms with Crippen molar-refractivity contribution in [2.24, 2.45) is 0 Å². The number of carbonyl (C=O) groups excluding carboxylic acids is 1. The smallest absolute Gasteiger partial charge is 0.262 e. The van der Waals surface area contributed by atoms with Crippen molar-refractivity contribution >= 4 is 39.3 Å². The summed E-state index contributed by atoms with van der Waals surface area (Å²) in [5.74, 6) is 0.407. The molecule has 0 bridgehead atoms. The SMILES string of the molecule is COc1ccc(C=C2Sc3ccc(S(=O)(=O)Cc4c(C)cccc4C)cc3NC2=O)cc1. The van der Waals surface area contributed by atoms with Crippen LogP contribution in [0.1, 0.15) is 22.3 Å². The number of ether oxygens (including phenoxy) is 1. The monoisotopic (exact) mass is 465 g/mol. The van der Waals surface area contributed by atoms with Crippen molar-refractivity contribution in [3.05, 3.63) is 87.8 Å². The summed E-state index contributed by atoms with van der Waals surface area (Å²) in [6.45, 7) is 3.83. The van der Waals surface area contributed by atoms with E-state index < -0.39 is 9.84 Å². The quantitative estimate of drug-likeness (QED) is 0.513. The van der Waals surface area contributed by atoms with E-state index in [0.717, 1.165) is 32.9 Å². The minimum absolute atomic E-state index is 0.0754. The van der Waals surface area contributed by atoms with Gasteiger partial charge < -0.3 is 10.1 Å². The molecular weight excluding hydrogens is 442 g/mol. The maximum Gasteiger partial charge on any atom is 0.262 e. The van der Waals surface area contributed by atoms with E-state index in [1.165, 1.54) is 11.8 Å². The number of aryl methyl sites for hydroxylation is 2. The van der Waals surface area contributed by atoms with Crippen LogP contribution in [-0.4, -0.2) is 21.4 Å². The van der Waals surface area contributed by atoms with E-state index >= 15 is 0 Å². The molecule has 7 heteroatoms. The molecule has 1 amide bonds. The van der Waals surface area contributed by atoms with Crippen molar-refractivity contribution in [2.45, 2.75) is 29.4 Å². The Labute approximate surface area is 192 Å². The number of carbonyl (C=O) groups is 1. The second-order valence-electron chi connectivity index (χ2n) is 7.63. The number of benzene rings is 3.